The third-order valence-electron chi connectivity index (χ3n) is 12.0. The van der Waals surface area contributed by atoms with E-state index in [0.29, 0.717) is 17.3 Å². The highest BCUT2D eigenvalue weighted by atomic mass is 16.5. The molecule has 3 heteroatoms. The lowest BCUT2D eigenvalue weighted by atomic mass is 9.56. The van der Waals surface area contributed by atoms with Crippen molar-refractivity contribution in [3.63, 3.8) is 0 Å². The summed E-state index contributed by atoms with van der Waals surface area (Å²) in [4.78, 5) is 0. The summed E-state index contributed by atoms with van der Waals surface area (Å²) in [6.45, 7) is 9.65. The first-order valence-electron chi connectivity index (χ1n) is 18.6. The van der Waals surface area contributed by atoms with Gasteiger partial charge in [-0.3, -0.25) is 0 Å². The molecule has 256 valence electrons. The van der Waals surface area contributed by atoms with Crippen LogP contribution in [0, 0.1) is 17.3 Å². The van der Waals surface area contributed by atoms with Crippen molar-refractivity contribution in [1.29, 1.82) is 0 Å². The van der Waals surface area contributed by atoms with Gasteiger partial charge in [0.1, 0.15) is 17.2 Å². The highest BCUT2D eigenvalue weighted by Crippen LogP contribution is 2.64. The third-order valence-corrected chi connectivity index (χ3v) is 12.0. The van der Waals surface area contributed by atoms with E-state index in [1.165, 1.54) is 58.9 Å². The standard InChI is InChI=1S/C47H50O3/c1-31(2)29-45(30-32(3)4)25-27-46(28-26-45)41-14-10-9-13-39(41)42-37-11-7-8-12-38(37)44-40(43(42)46)23-24-47(50-44,33-15-19-35(48-5)20-16-33)34-17-21-36(49-6)22-18-34/h7-24,31-32H,25-30H2,1-6H3. The molecule has 0 bridgehead atoms. The Morgan fingerprint density at radius 3 is 1.74 bits per heavy atom. The Hall–Kier alpha value is -4.50. The molecule has 5 aromatic carbocycles. The van der Waals surface area contributed by atoms with Gasteiger partial charge in [-0.25, -0.2) is 0 Å². The van der Waals surface area contributed by atoms with Crippen LogP contribution in [-0.2, 0) is 11.0 Å². The smallest absolute Gasteiger partial charge is 0.178 e. The minimum Gasteiger partial charge on any atom is -0.497 e. The van der Waals surface area contributed by atoms with Crippen LogP contribution in [0.25, 0.3) is 28.0 Å². The molecule has 0 unspecified atom stereocenters. The predicted molar refractivity (Wildman–Crippen MR) is 206 cm³/mol. The summed E-state index contributed by atoms with van der Waals surface area (Å²) in [6.07, 6.45) is 12.2. The van der Waals surface area contributed by atoms with Crippen molar-refractivity contribution in [3.8, 4) is 28.4 Å². The summed E-state index contributed by atoms with van der Waals surface area (Å²) in [5.74, 6) is 4.02. The predicted octanol–water partition coefficient (Wildman–Crippen LogP) is 12.1. The van der Waals surface area contributed by atoms with Crippen molar-refractivity contribution in [1.82, 2.24) is 0 Å². The van der Waals surface area contributed by atoms with Crippen LogP contribution in [0.5, 0.6) is 17.2 Å². The molecule has 0 N–H and O–H groups in total. The van der Waals surface area contributed by atoms with Crippen LogP contribution in [0.15, 0.2) is 103 Å². The topological polar surface area (TPSA) is 27.7 Å². The summed E-state index contributed by atoms with van der Waals surface area (Å²) in [6, 6.07) is 34.9. The molecule has 0 aromatic heterocycles. The summed E-state index contributed by atoms with van der Waals surface area (Å²) >= 11 is 0. The van der Waals surface area contributed by atoms with Gasteiger partial charge in [-0.1, -0.05) is 107 Å². The van der Waals surface area contributed by atoms with E-state index in [1.807, 2.05) is 24.3 Å². The van der Waals surface area contributed by atoms with Gasteiger partial charge in [0.15, 0.2) is 5.60 Å². The van der Waals surface area contributed by atoms with Crippen LogP contribution in [0.3, 0.4) is 0 Å². The highest BCUT2D eigenvalue weighted by molar-refractivity contribution is 6.08. The molecular weight excluding hydrogens is 613 g/mol. The SMILES string of the molecule is COc1ccc(C2(c3ccc(OC)cc3)C=Cc3c4c(c5ccccc5c3O2)-c2ccccc2C42CCC(CC(C)C)(CC(C)C)CC2)cc1. The summed E-state index contributed by atoms with van der Waals surface area (Å²) in [7, 11) is 3.42. The molecule has 0 saturated heterocycles. The molecular formula is C47H50O3. The van der Waals surface area contributed by atoms with E-state index < -0.39 is 5.60 Å². The second kappa shape index (κ2) is 12.4. The van der Waals surface area contributed by atoms with E-state index in [1.54, 1.807) is 14.2 Å². The van der Waals surface area contributed by atoms with Gasteiger partial charge in [0.05, 0.1) is 14.2 Å². The molecule has 1 aliphatic heterocycles. The van der Waals surface area contributed by atoms with Crippen molar-refractivity contribution in [2.24, 2.45) is 17.3 Å². The summed E-state index contributed by atoms with van der Waals surface area (Å²) in [5, 5.41) is 2.44. The lowest BCUT2D eigenvalue weighted by molar-refractivity contribution is 0.0895. The molecule has 8 rings (SSSR count). The van der Waals surface area contributed by atoms with E-state index in [0.717, 1.165) is 46.6 Å². The highest BCUT2D eigenvalue weighted by Gasteiger charge is 2.52. The Bertz CT molecular complexity index is 2000. The van der Waals surface area contributed by atoms with Gasteiger partial charge in [-0.15, -0.1) is 0 Å². The van der Waals surface area contributed by atoms with E-state index in [2.05, 4.69) is 113 Å². The van der Waals surface area contributed by atoms with E-state index in [-0.39, 0.29) is 5.41 Å². The first-order valence-corrected chi connectivity index (χ1v) is 18.6. The van der Waals surface area contributed by atoms with E-state index in [4.69, 9.17) is 14.2 Å². The van der Waals surface area contributed by atoms with Crippen LogP contribution < -0.4 is 14.2 Å². The minimum atomic E-state index is -0.836. The number of hydrogen-bond donors (Lipinski definition) is 0. The Morgan fingerprint density at radius 1 is 0.640 bits per heavy atom. The molecule has 50 heavy (non-hydrogen) atoms. The quantitative estimate of drug-likeness (QED) is 0.165. The monoisotopic (exact) mass is 662 g/mol. The Morgan fingerprint density at radius 2 is 1.18 bits per heavy atom. The van der Waals surface area contributed by atoms with Gasteiger partial charge < -0.3 is 14.2 Å². The zero-order chi connectivity index (χ0) is 34.7. The molecule has 3 nitrogen and oxygen atoms in total. The second-order valence-electron chi connectivity index (χ2n) is 16.0. The average Bonchev–Trinajstić information content (AvgIpc) is 3.42. The van der Waals surface area contributed by atoms with Crippen LogP contribution in [0.2, 0.25) is 0 Å². The number of rotatable bonds is 8. The van der Waals surface area contributed by atoms with Crippen LogP contribution >= 0.6 is 0 Å². The largest absolute Gasteiger partial charge is 0.497 e. The number of ether oxygens (including phenoxy) is 3. The lowest BCUT2D eigenvalue weighted by Gasteiger charge is -2.48. The first kappa shape index (κ1) is 32.7. The number of hydrogen-bond acceptors (Lipinski definition) is 3. The number of fused-ring (bicyclic) bond motifs is 10. The zero-order valence-corrected chi connectivity index (χ0v) is 30.5. The molecule has 1 heterocycles. The molecule has 5 aromatic rings. The van der Waals surface area contributed by atoms with E-state index >= 15 is 0 Å². The van der Waals surface area contributed by atoms with Gasteiger partial charge >= 0.3 is 0 Å². The molecule has 0 amide bonds. The van der Waals surface area contributed by atoms with Crippen LogP contribution in [0.1, 0.15) is 94.0 Å². The zero-order valence-electron chi connectivity index (χ0n) is 30.5. The number of methoxy groups -OCH3 is 2. The molecule has 1 saturated carbocycles. The second-order valence-corrected chi connectivity index (χ2v) is 16.0. The minimum absolute atomic E-state index is 0.0502. The van der Waals surface area contributed by atoms with Crippen molar-refractivity contribution in [3.05, 3.63) is 131 Å². The fraction of sp³-hybridized carbons (Fsp3) is 0.362. The van der Waals surface area contributed by atoms with Gasteiger partial charge in [0.25, 0.3) is 0 Å². The number of benzene rings is 5. The van der Waals surface area contributed by atoms with E-state index in [9.17, 15) is 0 Å². The molecule has 1 fully saturated rings. The molecule has 0 atom stereocenters. The molecule has 0 radical (unpaired) electrons. The van der Waals surface area contributed by atoms with Crippen LogP contribution in [-0.4, -0.2) is 14.2 Å². The van der Waals surface area contributed by atoms with Gasteiger partial charge in [-0.2, -0.15) is 0 Å². The summed E-state index contributed by atoms with van der Waals surface area (Å²) in [5.41, 5.74) is 8.65. The maximum Gasteiger partial charge on any atom is 0.178 e. The maximum absolute atomic E-state index is 7.59. The van der Waals surface area contributed by atoms with Gasteiger partial charge in [0.2, 0.25) is 0 Å². The van der Waals surface area contributed by atoms with Crippen molar-refractivity contribution in [2.75, 3.05) is 14.2 Å². The van der Waals surface area contributed by atoms with Gasteiger partial charge in [0, 0.05) is 27.5 Å². The van der Waals surface area contributed by atoms with Gasteiger partial charge in [-0.05, 0) is 114 Å². The average molecular weight is 663 g/mol. The Balaban J connectivity index is 1.35. The molecule has 1 spiro atoms. The first-order chi connectivity index (χ1) is 24.2. The fourth-order valence-corrected chi connectivity index (χ4v) is 10.2. The molecule has 3 aliphatic rings. The fourth-order valence-electron chi connectivity index (χ4n) is 10.2. The maximum atomic E-state index is 7.59. The Labute approximate surface area is 298 Å². The summed E-state index contributed by atoms with van der Waals surface area (Å²) < 4.78 is 18.7. The Kier molecular flexibility index (Phi) is 8.09. The van der Waals surface area contributed by atoms with Crippen molar-refractivity contribution >= 4 is 16.8 Å². The normalized spacial score (nSPS) is 17.8. The van der Waals surface area contributed by atoms with Crippen molar-refractivity contribution in [2.45, 2.75) is 77.2 Å². The molecule has 2 aliphatic carbocycles. The third kappa shape index (κ3) is 5.07. The van der Waals surface area contributed by atoms with Crippen molar-refractivity contribution < 1.29 is 14.2 Å². The lowest BCUT2D eigenvalue weighted by Crippen LogP contribution is -2.39. The van der Waals surface area contributed by atoms with Crippen LogP contribution in [0.4, 0.5) is 0 Å².